The van der Waals surface area contributed by atoms with Crippen molar-refractivity contribution in [1.82, 2.24) is 5.32 Å². The van der Waals surface area contributed by atoms with Crippen molar-refractivity contribution in [3.8, 4) is 11.5 Å². The summed E-state index contributed by atoms with van der Waals surface area (Å²) < 4.78 is 35.0. The van der Waals surface area contributed by atoms with E-state index in [1.807, 2.05) is 6.92 Å². The molecule has 1 unspecified atom stereocenters. The number of carbonyl (C=O) groups is 1. The lowest BCUT2D eigenvalue weighted by Gasteiger charge is -2.17. The number of rotatable bonds is 8. The van der Waals surface area contributed by atoms with Gasteiger partial charge in [-0.2, -0.15) is 0 Å². The van der Waals surface area contributed by atoms with Gasteiger partial charge in [-0.05, 0) is 55.5 Å². The van der Waals surface area contributed by atoms with E-state index in [1.54, 1.807) is 55.6 Å². The van der Waals surface area contributed by atoms with E-state index >= 15 is 0 Å². The number of anilines is 1. The van der Waals surface area contributed by atoms with Crippen molar-refractivity contribution >= 4 is 21.6 Å². The first-order valence-corrected chi connectivity index (χ1v) is 10.2. The van der Waals surface area contributed by atoms with Crippen LogP contribution in [0.3, 0.4) is 0 Å². The number of benzene rings is 2. The van der Waals surface area contributed by atoms with Crippen molar-refractivity contribution in [2.75, 3.05) is 31.3 Å². The summed E-state index contributed by atoms with van der Waals surface area (Å²) in [4.78, 5) is 12.3. The number of hydrogen-bond donors (Lipinski definition) is 1. The molecule has 0 aliphatic carbocycles. The third-order valence-corrected chi connectivity index (χ3v) is 5.13. The van der Waals surface area contributed by atoms with Crippen LogP contribution < -0.4 is 19.1 Å². The van der Waals surface area contributed by atoms with Crippen molar-refractivity contribution in [3.05, 3.63) is 54.1 Å². The van der Waals surface area contributed by atoms with Gasteiger partial charge in [-0.15, -0.1) is 0 Å². The highest BCUT2D eigenvalue weighted by Crippen LogP contribution is 2.18. The van der Waals surface area contributed by atoms with Gasteiger partial charge in [0.15, 0.2) is 0 Å². The smallest absolute Gasteiger partial charge is 0.251 e. The topological polar surface area (TPSA) is 84.9 Å². The molecule has 8 heteroatoms. The lowest BCUT2D eigenvalue weighted by molar-refractivity contribution is 0.0926. The molecule has 0 aliphatic rings. The summed E-state index contributed by atoms with van der Waals surface area (Å²) in [5.74, 6) is 1.17. The van der Waals surface area contributed by atoms with Crippen molar-refractivity contribution in [2.45, 2.75) is 13.0 Å². The van der Waals surface area contributed by atoms with E-state index in [-0.39, 0.29) is 11.9 Å². The number of carbonyl (C=O) groups excluding carboxylic acids is 1. The summed E-state index contributed by atoms with van der Waals surface area (Å²) in [6, 6.07) is 13.3. The van der Waals surface area contributed by atoms with Gasteiger partial charge in [0, 0.05) is 12.6 Å². The summed E-state index contributed by atoms with van der Waals surface area (Å²) >= 11 is 0. The van der Waals surface area contributed by atoms with E-state index in [0.29, 0.717) is 23.6 Å². The molecule has 1 N–H and O–H groups in total. The zero-order chi connectivity index (χ0) is 20.0. The lowest BCUT2D eigenvalue weighted by Crippen LogP contribution is -2.36. The first kappa shape index (κ1) is 20.6. The summed E-state index contributed by atoms with van der Waals surface area (Å²) in [7, 11) is -0.280. The average Bonchev–Trinajstić information content (AvgIpc) is 2.65. The van der Waals surface area contributed by atoms with Gasteiger partial charge in [0.25, 0.3) is 5.91 Å². The fraction of sp³-hybridized carbons (Fsp3) is 0.316. The van der Waals surface area contributed by atoms with Gasteiger partial charge in [-0.25, -0.2) is 8.42 Å². The molecule has 0 radical (unpaired) electrons. The number of hydrogen-bond acceptors (Lipinski definition) is 5. The van der Waals surface area contributed by atoms with Crippen LogP contribution in [0.4, 0.5) is 5.69 Å². The molecule has 27 heavy (non-hydrogen) atoms. The highest BCUT2D eigenvalue weighted by atomic mass is 32.2. The highest BCUT2D eigenvalue weighted by Gasteiger charge is 2.14. The Balaban J connectivity index is 1.89. The predicted molar refractivity (Wildman–Crippen MR) is 105 cm³/mol. The Hall–Kier alpha value is -2.74. The molecule has 0 fully saturated rings. The van der Waals surface area contributed by atoms with Crippen LogP contribution in [0.5, 0.6) is 11.5 Å². The molecule has 0 spiro atoms. The molecular weight excluding hydrogens is 368 g/mol. The molecule has 0 bridgehead atoms. The molecule has 2 aromatic rings. The molecule has 2 aromatic carbocycles. The molecule has 1 amide bonds. The maximum atomic E-state index is 12.3. The maximum Gasteiger partial charge on any atom is 0.251 e. The highest BCUT2D eigenvalue weighted by molar-refractivity contribution is 7.92. The van der Waals surface area contributed by atoms with Crippen LogP contribution in [-0.2, 0) is 10.0 Å². The molecule has 0 saturated carbocycles. The minimum atomic E-state index is -3.34. The van der Waals surface area contributed by atoms with Gasteiger partial charge < -0.3 is 14.8 Å². The second-order valence-electron chi connectivity index (χ2n) is 6.14. The van der Waals surface area contributed by atoms with Gasteiger partial charge in [-0.1, -0.05) is 0 Å². The quantitative estimate of drug-likeness (QED) is 0.745. The molecule has 2 rings (SSSR count). The number of sulfonamides is 1. The Kier molecular flexibility index (Phi) is 6.68. The summed E-state index contributed by atoms with van der Waals surface area (Å²) in [6.07, 6.45) is 1.12. The van der Waals surface area contributed by atoms with Crippen molar-refractivity contribution in [3.63, 3.8) is 0 Å². The van der Waals surface area contributed by atoms with Gasteiger partial charge >= 0.3 is 0 Å². The molecule has 0 heterocycles. The maximum absolute atomic E-state index is 12.3. The number of amides is 1. The fourth-order valence-corrected chi connectivity index (χ4v) is 2.76. The monoisotopic (exact) mass is 392 g/mol. The third kappa shape index (κ3) is 5.89. The number of ether oxygens (including phenoxy) is 2. The van der Waals surface area contributed by atoms with Crippen LogP contribution in [0.25, 0.3) is 0 Å². The van der Waals surface area contributed by atoms with Crippen LogP contribution in [0.1, 0.15) is 17.3 Å². The van der Waals surface area contributed by atoms with E-state index < -0.39 is 10.0 Å². The van der Waals surface area contributed by atoms with E-state index in [1.165, 1.54) is 7.05 Å². The van der Waals surface area contributed by atoms with Gasteiger partial charge in [0.1, 0.15) is 18.1 Å². The summed E-state index contributed by atoms with van der Waals surface area (Å²) in [5.41, 5.74) is 0.932. The molecular formula is C19H24N2O5S. The lowest BCUT2D eigenvalue weighted by atomic mass is 10.2. The molecule has 0 aliphatic heterocycles. The average molecular weight is 392 g/mol. The van der Waals surface area contributed by atoms with Crippen LogP contribution in [0.15, 0.2) is 48.5 Å². The Bertz CT molecular complexity index is 864. The number of nitrogens with zero attached hydrogens (tertiary/aromatic N) is 1. The van der Waals surface area contributed by atoms with Crippen LogP contribution in [0, 0.1) is 0 Å². The minimum Gasteiger partial charge on any atom is -0.497 e. The van der Waals surface area contributed by atoms with Crippen molar-refractivity contribution in [1.29, 1.82) is 0 Å². The third-order valence-electron chi connectivity index (χ3n) is 3.93. The standard InChI is InChI=1S/C19H24N2O5S/c1-14(13-26-18-11-9-17(25-3)10-12-18)20-19(22)15-5-7-16(8-6-15)21(2)27(4,23)24/h5-12,14H,13H2,1-4H3,(H,20,22). The number of methoxy groups -OCH3 is 1. The summed E-state index contributed by atoms with van der Waals surface area (Å²) in [5, 5.41) is 2.85. The summed E-state index contributed by atoms with van der Waals surface area (Å²) in [6.45, 7) is 2.15. The second-order valence-corrected chi connectivity index (χ2v) is 8.15. The predicted octanol–water partition coefficient (Wildman–Crippen LogP) is 2.29. The SMILES string of the molecule is COc1ccc(OCC(C)NC(=O)c2ccc(N(C)S(C)(=O)=O)cc2)cc1. The fourth-order valence-electron chi connectivity index (χ4n) is 2.26. The second kappa shape index (κ2) is 8.77. The molecule has 7 nitrogen and oxygen atoms in total. The van der Waals surface area contributed by atoms with Crippen molar-refractivity contribution < 1.29 is 22.7 Å². The van der Waals surface area contributed by atoms with Gasteiger partial charge in [0.2, 0.25) is 10.0 Å². The van der Waals surface area contributed by atoms with E-state index in [4.69, 9.17) is 9.47 Å². The Morgan fingerprint density at radius 1 is 1.07 bits per heavy atom. The first-order valence-electron chi connectivity index (χ1n) is 8.32. The van der Waals surface area contributed by atoms with Crippen LogP contribution in [0.2, 0.25) is 0 Å². The van der Waals surface area contributed by atoms with E-state index in [0.717, 1.165) is 16.3 Å². The zero-order valence-electron chi connectivity index (χ0n) is 15.8. The van der Waals surface area contributed by atoms with Crippen LogP contribution >= 0.6 is 0 Å². The Labute approximate surface area is 160 Å². The van der Waals surface area contributed by atoms with Gasteiger partial charge in [-0.3, -0.25) is 9.10 Å². The molecule has 0 saturated heterocycles. The van der Waals surface area contributed by atoms with Crippen LogP contribution in [-0.4, -0.2) is 47.4 Å². The van der Waals surface area contributed by atoms with Gasteiger partial charge in [0.05, 0.1) is 25.1 Å². The molecule has 146 valence electrons. The Morgan fingerprint density at radius 3 is 2.15 bits per heavy atom. The Morgan fingerprint density at radius 2 is 1.63 bits per heavy atom. The molecule has 1 atom stereocenters. The van der Waals surface area contributed by atoms with E-state index in [9.17, 15) is 13.2 Å². The van der Waals surface area contributed by atoms with Crippen molar-refractivity contribution in [2.24, 2.45) is 0 Å². The molecule has 0 aromatic heterocycles. The first-order chi connectivity index (χ1) is 12.7. The minimum absolute atomic E-state index is 0.210. The zero-order valence-corrected chi connectivity index (χ0v) is 16.6. The van der Waals surface area contributed by atoms with E-state index in [2.05, 4.69) is 5.32 Å². The number of nitrogens with one attached hydrogen (secondary N) is 1. The normalized spacial score (nSPS) is 12.1. The largest absolute Gasteiger partial charge is 0.497 e.